The van der Waals surface area contributed by atoms with Gasteiger partial charge in [0.25, 0.3) is 0 Å². The van der Waals surface area contributed by atoms with Crippen molar-refractivity contribution in [2.75, 3.05) is 11.6 Å². The summed E-state index contributed by atoms with van der Waals surface area (Å²) in [5, 5.41) is 16.5. The standard InChI is InChI=1S/C14H15N3OS/c1-9-12(10(2)18-17-9)8-16-13-5-4-6-14(19-3)11(13)7-15/h4-6,16H,8H2,1-3H3. The van der Waals surface area contributed by atoms with Crippen molar-refractivity contribution in [3.8, 4) is 6.07 Å². The third-order valence-electron chi connectivity index (χ3n) is 2.99. The van der Waals surface area contributed by atoms with Crippen LogP contribution in [0, 0.1) is 25.2 Å². The maximum atomic E-state index is 9.26. The van der Waals surface area contributed by atoms with Gasteiger partial charge in [-0.05, 0) is 32.2 Å². The van der Waals surface area contributed by atoms with Crippen LogP contribution in [-0.4, -0.2) is 11.4 Å². The van der Waals surface area contributed by atoms with Gasteiger partial charge in [-0.25, -0.2) is 0 Å². The molecule has 0 aliphatic heterocycles. The Labute approximate surface area is 116 Å². The molecule has 0 amide bonds. The molecular weight excluding hydrogens is 258 g/mol. The van der Waals surface area contributed by atoms with Crippen LogP contribution in [0.5, 0.6) is 0 Å². The number of nitrogens with one attached hydrogen (secondary N) is 1. The van der Waals surface area contributed by atoms with Gasteiger partial charge in [-0.2, -0.15) is 5.26 Å². The Bertz CT molecular complexity index is 609. The molecule has 1 heterocycles. The molecule has 0 aliphatic carbocycles. The molecule has 2 aromatic rings. The van der Waals surface area contributed by atoms with Crippen LogP contribution >= 0.6 is 11.8 Å². The van der Waals surface area contributed by atoms with Gasteiger partial charge in [-0.15, -0.1) is 11.8 Å². The van der Waals surface area contributed by atoms with E-state index in [1.54, 1.807) is 11.8 Å². The van der Waals surface area contributed by atoms with Crippen LogP contribution in [0.4, 0.5) is 5.69 Å². The quantitative estimate of drug-likeness (QED) is 0.864. The number of nitrogens with zero attached hydrogens (tertiary/aromatic N) is 2. The topological polar surface area (TPSA) is 61.9 Å². The number of benzene rings is 1. The molecule has 1 aromatic carbocycles. The van der Waals surface area contributed by atoms with Crippen molar-refractivity contribution in [3.63, 3.8) is 0 Å². The van der Waals surface area contributed by atoms with Crippen LogP contribution in [0.1, 0.15) is 22.6 Å². The molecule has 0 bridgehead atoms. The molecule has 0 aliphatic rings. The van der Waals surface area contributed by atoms with Crippen molar-refractivity contribution in [1.82, 2.24) is 5.16 Å². The second-order valence-electron chi connectivity index (χ2n) is 4.15. The lowest BCUT2D eigenvalue weighted by Gasteiger charge is -2.10. The SMILES string of the molecule is CSc1cccc(NCc2c(C)noc2C)c1C#N. The summed E-state index contributed by atoms with van der Waals surface area (Å²) in [7, 11) is 0. The Hall–Kier alpha value is -1.93. The van der Waals surface area contributed by atoms with Gasteiger partial charge >= 0.3 is 0 Å². The van der Waals surface area contributed by atoms with E-state index in [1.165, 1.54) is 0 Å². The van der Waals surface area contributed by atoms with Crippen molar-refractivity contribution >= 4 is 17.4 Å². The van der Waals surface area contributed by atoms with E-state index in [0.717, 1.165) is 27.6 Å². The molecule has 0 saturated heterocycles. The highest BCUT2D eigenvalue weighted by Gasteiger charge is 2.11. The van der Waals surface area contributed by atoms with Gasteiger partial charge in [-0.1, -0.05) is 11.2 Å². The Morgan fingerprint density at radius 3 is 2.79 bits per heavy atom. The minimum atomic E-state index is 0.605. The molecule has 0 fully saturated rings. The van der Waals surface area contributed by atoms with Crippen LogP contribution in [0.15, 0.2) is 27.6 Å². The Kier molecular flexibility index (Phi) is 4.13. The molecule has 0 saturated carbocycles. The molecular formula is C14H15N3OS. The fourth-order valence-corrected chi connectivity index (χ4v) is 2.48. The predicted octanol–water partition coefficient (Wildman–Crippen LogP) is 3.50. The first kappa shape index (κ1) is 13.5. The molecule has 0 atom stereocenters. The summed E-state index contributed by atoms with van der Waals surface area (Å²) in [6.07, 6.45) is 1.97. The second kappa shape index (κ2) is 5.81. The van der Waals surface area contributed by atoms with Gasteiger partial charge in [-0.3, -0.25) is 0 Å². The summed E-state index contributed by atoms with van der Waals surface area (Å²) in [5.74, 6) is 0.810. The van der Waals surface area contributed by atoms with Crippen LogP contribution in [0.25, 0.3) is 0 Å². The summed E-state index contributed by atoms with van der Waals surface area (Å²) in [6.45, 7) is 4.41. The fourth-order valence-electron chi connectivity index (χ4n) is 1.90. The smallest absolute Gasteiger partial charge is 0.138 e. The largest absolute Gasteiger partial charge is 0.380 e. The molecule has 2 rings (SSSR count). The number of rotatable bonds is 4. The normalized spacial score (nSPS) is 10.2. The second-order valence-corrected chi connectivity index (χ2v) is 5.00. The lowest BCUT2D eigenvalue weighted by Crippen LogP contribution is -2.03. The van der Waals surface area contributed by atoms with E-state index in [1.807, 2.05) is 38.3 Å². The average Bonchev–Trinajstić information content (AvgIpc) is 2.75. The van der Waals surface area contributed by atoms with E-state index in [9.17, 15) is 5.26 Å². The van der Waals surface area contributed by atoms with Crippen LogP contribution < -0.4 is 5.32 Å². The van der Waals surface area contributed by atoms with E-state index in [0.29, 0.717) is 12.1 Å². The number of hydrogen-bond acceptors (Lipinski definition) is 5. The summed E-state index contributed by atoms with van der Waals surface area (Å²) >= 11 is 1.57. The molecule has 0 radical (unpaired) electrons. The first-order valence-electron chi connectivity index (χ1n) is 5.90. The summed E-state index contributed by atoms with van der Waals surface area (Å²) in [4.78, 5) is 0.978. The number of aryl methyl sites for hydroxylation is 2. The molecule has 0 unspecified atom stereocenters. The molecule has 19 heavy (non-hydrogen) atoms. The number of thioether (sulfide) groups is 1. The van der Waals surface area contributed by atoms with Crippen LogP contribution in [-0.2, 0) is 6.54 Å². The third-order valence-corrected chi connectivity index (χ3v) is 3.77. The van der Waals surface area contributed by atoms with Crippen LogP contribution in [0.3, 0.4) is 0 Å². The van der Waals surface area contributed by atoms with Gasteiger partial charge in [0, 0.05) is 17.0 Å². The lowest BCUT2D eigenvalue weighted by molar-refractivity contribution is 0.392. The minimum absolute atomic E-state index is 0.605. The van der Waals surface area contributed by atoms with Gasteiger partial charge in [0.1, 0.15) is 11.8 Å². The van der Waals surface area contributed by atoms with E-state index in [2.05, 4.69) is 16.5 Å². The first-order chi connectivity index (χ1) is 9.17. The fraction of sp³-hybridized carbons (Fsp3) is 0.286. The Balaban J connectivity index is 2.23. The highest BCUT2D eigenvalue weighted by molar-refractivity contribution is 7.98. The number of hydrogen-bond donors (Lipinski definition) is 1. The van der Waals surface area contributed by atoms with Gasteiger partial charge < -0.3 is 9.84 Å². The zero-order valence-corrected chi connectivity index (χ0v) is 12.0. The number of aromatic nitrogens is 1. The number of anilines is 1. The monoisotopic (exact) mass is 273 g/mol. The highest BCUT2D eigenvalue weighted by atomic mass is 32.2. The van der Waals surface area contributed by atoms with Gasteiger partial charge in [0.05, 0.1) is 16.9 Å². The Morgan fingerprint density at radius 2 is 2.21 bits per heavy atom. The van der Waals surface area contributed by atoms with Crippen molar-refractivity contribution in [2.24, 2.45) is 0 Å². The van der Waals surface area contributed by atoms with Crippen molar-refractivity contribution in [3.05, 3.63) is 40.8 Å². The zero-order chi connectivity index (χ0) is 13.8. The van der Waals surface area contributed by atoms with E-state index in [4.69, 9.17) is 4.52 Å². The van der Waals surface area contributed by atoms with Crippen molar-refractivity contribution in [2.45, 2.75) is 25.3 Å². The zero-order valence-electron chi connectivity index (χ0n) is 11.2. The molecule has 5 heteroatoms. The summed E-state index contributed by atoms with van der Waals surface area (Å²) in [5.41, 5.74) is 3.44. The Morgan fingerprint density at radius 1 is 1.42 bits per heavy atom. The first-order valence-corrected chi connectivity index (χ1v) is 7.12. The summed E-state index contributed by atoms with van der Waals surface area (Å²) in [6, 6.07) is 8.06. The van der Waals surface area contributed by atoms with E-state index < -0.39 is 0 Å². The van der Waals surface area contributed by atoms with Crippen molar-refractivity contribution in [1.29, 1.82) is 5.26 Å². The highest BCUT2D eigenvalue weighted by Crippen LogP contribution is 2.27. The third kappa shape index (κ3) is 2.74. The van der Waals surface area contributed by atoms with E-state index in [-0.39, 0.29) is 0 Å². The minimum Gasteiger partial charge on any atom is -0.380 e. The molecule has 98 valence electrons. The molecule has 1 aromatic heterocycles. The average molecular weight is 273 g/mol. The van der Waals surface area contributed by atoms with Gasteiger partial charge in [0.2, 0.25) is 0 Å². The van der Waals surface area contributed by atoms with E-state index >= 15 is 0 Å². The molecule has 4 nitrogen and oxygen atoms in total. The van der Waals surface area contributed by atoms with Gasteiger partial charge in [0.15, 0.2) is 0 Å². The maximum absolute atomic E-state index is 9.26. The summed E-state index contributed by atoms with van der Waals surface area (Å²) < 4.78 is 5.13. The maximum Gasteiger partial charge on any atom is 0.138 e. The predicted molar refractivity (Wildman–Crippen MR) is 76.2 cm³/mol. The lowest BCUT2D eigenvalue weighted by atomic mass is 10.1. The molecule has 0 spiro atoms. The molecule has 1 N–H and O–H groups in total. The number of nitriles is 1. The van der Waals surface area contributed by atoms with Crippen molar-refractivity contribution < 1.29 is 4.52 Å². The van der Waals surface area contributed by atoms with Crippen LogP contribution in [0.2, 0.25) is 0 Å².